The topological polar surface area (TPSA) is 37.8 Å². The van der Waals surface area contributed by atoms with Crippen molar-refractivity contribution in [3.63, 3.8) is 0 Å². The number of hydrogen-bond donors (Lipinski definition) is 1. The summed E-state index contributed by atoms with van der Waals surface area (Å²) in [5.41, 5.74) is 0. The van der Waals surface area contributed by atoms with Gasteiger partial charge < -0.3 is 5.32 Å². The molecule has 3 nitrogen and oxygen atoms in total. The molecule has 0 spiro atoms. The molecule has 1 aromatic rings. The number of aromatic nitrogens is 2. The Balaban J connectivity index is 3.18. The van der Waals surface area contributed by atoms with Crippen LogP contribution >= 0.6 is 11.3 Å². The lowest BCUT2D eigenvalue weighted by molar-refractivity contribution is -0.359. The fraction of sp³-hybridized carbons (Fsp3) is 0.667. The van der Waals surface area contributed by atoms with Crippen LogP contribution in [0.15, 0.2) is 0 Å². The molecule has 0 saturated heterocycles. The van der Waals surface area contributed by atoms with Crippen molar-refractivity contribution in [2.75, 3.05) is 12.4 Å². The molecule has 0 amide bonds. The molecule has 0 aliphatic rings. The Morgan fingerprint density at radius 2 is 1.53 bits per heavy atom. The average Bonchev–Trinajstić information content (AvgIpc) is 2.64. The summed E-state index contributed by atoms with van der Waals surface area (Å²) in [6, 6.07) is 0. The van der Waals surface area contributed by atoms with Crippen molar-refractivity contribution in [2.45, 2.75) is 18.0 Å². The van der Waals surface area contributed by atoms with Gasteiger partial charge in [-0.3, -0.25) is 0 Å². The molecule has 0 aliphatic carbocycles. The second-order valence-corrected chi connectivity index (χ2v) is 3.79. The normalized spacial score (nSPS) is 13.9. The molecule has 0 aliphatic heterocycles. The summed E-state index contributed by atoms with van der Waals surface area (Å²) in [5.74, 6) is -11.7. The van der Waals surface area contributed by atoms with E-state index < -0.39 is 23.0 Å². The molecule has 1 N–H and O–H groups in total. The minimum Gasteiger partial charge on any atom is -0.363 e. The van der Waals surface area contributed by atoms with Gasteiger partial charge in [-0.05, 0) is 0 Å². The summed E-state index contributed by atoms with van der Waals surface area (Å²) >= 11 is -0.0805. The van der Waals surface area contributed by atoms with E-state index >= 15 is 0 Å². The first-order chi connectivity index (χ1) is 7.54. The molecule has 11 heteroatoms. The van der Waals surface area contributed by atoms with Crippen molar-refractivity contribution in [1.82, 2.24) is 10.2 Å². The van der Waals surface area contributed by atoms with Crippen LogP contribution in [0.4, 0.5) is 35.9 Å². The molecule has 0 radical (unpaired) electrons. The Hall–Kier alpha value is -1.13. The zero-order valence-electron chi connectivity index (χ0n) is 7.95. The van der Waals surface area contributed by atoms with Gasteiger partial charge in [-0.2, -0.15) is 30.7 Å². The monoisotopic (exact) mass is 283 g/mol. The van der Waals surface area contributed by atoms with Crippen LogP contribution in [0.25, 0.3) is 0 Å². The minimum atomic E-state index is -6.37. The quantitative estimate of drug-likeness (QED) is 0.867. The Morgan fingerprint density at radius 1 is 1.00 bits per heavy atom. The summed E-state index contributed by atoms with van der Waals surface area (Å²) in [4.78, 5) is 0. The maximum Gasteiger partial charge on any atom is 0.460 e. The molecule has 17 heavy (non-hydrogen) atoms. The average molecular weight is 283 g/mol. The number of halogens is 7. The molecule has 0 aromatic carbocycles. The molecular formula is C6H4F7N3S. The summed E-state index contributed by atoms with van der Waals surface area (Å²) in [6.45, 7) is 0. The van der Waals surface area contributed by atoms with Crippen LogP contribution in [0.5, 0.6) is 0 Å². The molecule has 0 bridgehead atoms. The summed E-state index contributed by atoms with van der Waals surface area (Å²) < 4.78 is 86.5. The zero-order valence-corrected chi connectivity index (χ0v) is 8.76. The van der Waals surface area contributed by atoms with Gasteiger partial charge in [-0.1, -0.05) is 11.3 Å². The molecule has 0 saturated carbocycles. The highest BCUT2D eigenvalue weighted by atomic mass is 32.1. The van der Waals surface area contributed by atoms with Gasteiger partial charge >= 0.3 is 18.0 Å². The highest BCUT2D eigenvalue weighted by Crippen LogP contribution is 2.52. The largest absolute Gasteiger partial charge is 0.460 e. The van der Waals surface area contributed by atoms with Crippen molar-refractivity contribution < 1.29 is 30.7 Å². The van der Waals surface area contributed by atoms with Crippen LogP contribution < -0.4 is 5.32 Å². The van der Waals surface area contributed by atoms with Crippen LogP contribution in [-0.2, 0) is 5.92 Å². The van der Waals surface area contributed by atoms with Crippen LogP contribution in [0.1, 0.15) is 5.01 Å². The van der Waals surface area contributed by atoms with E-state index in [0.29, 0.717) is 0 Å². The Bertz CT molecular complexity index is 399. The van der Waals surface area contributed by atoms with E-state index in [1.165, 1.54) is 7.05 Å². The third-order valence-electron chi connectivity index (χ3n) is 1.66. The Morgan fingerprint density at radius 3 is 1.88 bits per heavy atom. The van der Waals surface area contributed by atoms with Gasteiger partial charge in [0.25, 0.3) is 0 Å². The van der Waals surface area contributed by atoms with Gasteiger partial charge in [-0.15, -0.1) is 10.2 Å². The van der Waals surface area contributed by atoms with E-state index in [1.807, 2.05) is 0 Å². The van der Waals surface area contributed by atoms with Gasteiger partial charge in [-0.25, -0.2) is 0 Å². The molecule has 0 unspecified atom stereocenters. The number of nitrogens with zero attached hydrogens (tertiary/aromatic N) is 2. The molecule has 98 valence electrons. The maximum atomic E-state index is 13.0. The SMILES string of the molecule is CNc1nnc(C(F)(F)C(F)(F)C(F)(F)F)s1. The van der Waals surface area contributed by atoms with Crippen molar-refractivity contribution in [2.24, 2.45) is 0 Å². The number of alkyl halides is 7. The third-order valence-corrected chi connectivity index (χ3v) is 2.67. The third kappa shape index (κ3) is 2.15. The molecule has 0 fully saturated rings. The van der Waals surface area contributed by atoms with Gasteiger partial charge in [0.05, 0.1) is 0 Å². The van der Waals surface area contributed by atoms with Gasteiger partial charge in [0.2, 0.25) is 5.13 Å². The first kappa shape index (κ1) is 13.9. The highest BCUT2D eigenvalue weighted by molar-refractivity contribution is 7.15. The molecule has 1 heterocycles. The summed E-state index contributed by atoms with van der Waals surface area (Å²) in [5, 5.41) is 5.78. The van der Waals surface area contributed by atoms with E-state index in [1.54, 1.807) is 0 Å². The van der Waals surface area contributed by atoms with Crippen molar-refractivity contribution >= 4 is 16.5 Å². The number of hydrogen-bond acceptors (Lipinski definition) is 4. The smallest absolute Gasteiger partial charge is 0.363 e. The zero-order chi connectivity index (χ0) is 13.5. The Labute approximate surface area is 93.6 Å². The van der Waals surface area contributed by atoms with E-state index in [0.717, 1.165) is 0 Å². The standard InChI is InChI=1S/C6H4F7N3S/c1-14-3-16-15-2(17-3)4(7,8)5(9,10)6(11,12)13/h1H3,(H,14,16). The van der Waals surface area contributed by atoms with Crippen LogP contribution in [-0.4, -0.2) is 29.3 Å². The van der Waals surface area contributed by atoms with Crippen molar-refractivity contribution in [3.8, 4) is 0 Å². The predicted octanol–water partition coefficient (Wildman–Crippen LogP) is 2.87. The summed E-state index contributed by atoms with van der Waals surface area (Å²) in [6.07, 6.45) is -6.37. The number of anilines is 1. The lowest BCUT2D eigenvalue weighted by Crippen LogP contribution is -2.50. The van der Waals surface area contributed by atoms with Crippen LogP contribution in [0.2, 0.25) is 0 Å². The number of nitrogens with one attached hydrogen (secondary N) is 1. The minimum absolute atomic E-state index is 0.0805. The first-order valence-electron chi connectivity index (χ1n) is 3.88. The van der Waals surface area contributed by atoms with Crippen molar-refractivity contribution in [3.05, 3.63) is 5.01 Å². The van der Waals surface area contributed by atoms with E-state index in [2.05, 4.69) is 15.5 Å². The molecule has 1 aromatic heterocycles. The lowest BCUT2D eigenvalue weighted by Gasteiger charge is -2.25. The maximum absolute atomic E-state index is 13.0. The highest BCUT2D eigenvalue weighted by Gasteiger charge is 2.75. The number of rotatable bonds is 3. The fourth-order valence-electron chi connectivity index (χ4n) is 0.763. The summed E-state index contributed by atoms with van der Waals surface area (Å²) in [7, 11) is 1.23. The molecule has 0 atom stereocenters. The van der Waals surface area contributed by atoms with E-state index in [4.69, 9.17) is 0 Å². The van der Waals surface area contributed by atoms with Gasteiger partial charge in [0.1, 0.15) is 0 Å². The van der Waals surface area contributed by atoms with Crippen LogP contribution in [0.3, 0.4) is 0 Å². The molecular weight excluding hydrogens is 279 g/mol. The fourth-order valence-corrected chi connectivity index (χ4v) is 1.47. The van der Waals surface area contributed by atoms with E-state index in [-0.39, 0.29) is 16.5 Å². The van der Waals surface area contributed by atoms with E-state index in [9.17, 15) is 30.7 Å². The first-order valence-corrected chi connectivity index (χ1v) is 4.69. The lowest BCUT2D eigenvalue weighted by atomic mass is 10.2. The van der Waals surface area contributed by atoms with Gasteiger partial charge in [0.15, 0.2) is 5.01 Å². The van der Waals surface area contributed by atoms with Crippen molar-refractivity contribution in [1.29, 1.82) is 0 Å². The van der Waals surface area contributed by atoms with Crippen LogP contribution in [0, 0.1) is 0 Å². The second kappa shape index (κ2) is 3.96. The Kier molecular flexibility index (Phi) is 3.25. The van der Waals surface area contributed by atoms with Gasteiger partial charge in [0, 0.05) is 7.05 Å². The second-order valence-electron chi connectivity index (χ2n) is 2.81. The molecule has 1 rings (SSSR count). The predicted molar refractivity (Wildman–Crippen MR) is 44.4 cm³/mol.